The number of ether oxygens (including phenoxy) is 8. The van der Waals surface area contributed by atoms with Crippen molar-refractivity contribution in [3.63, 3.8) is 0 Å². The molecule has 3 aliphatic heterocycles. The van der Waals surface area contributed by atoms with Crippen LogP contribution in [0.25, 0.3) is 0 Å². The van der Waals surface area contributed by atoms with E-state index in [0.717, 1.165) is 31.4 Å². The molecule has 0 spiro atoms. The number of aliphatic hydroxyl groups excluding tert-OH is 1. The Morgan fingerprint density at radius 1 is 0.973 bits per heavy atom. The number of cyclic esters (lactones) is 1. The summed E-state index contributed by atoms with van der Waals surface area (Å²) in [6.07, 6.45) is 2.58. The smallest absolute Gasteiger partial charge is 0.320 e. The highest BCUT2D eigenvalue weighted by Crippen LogP contribution is 2.49. The Morgan fingerprint density at radius 2 is 1.64 bits per heavy atom. The predicted octanol–water partition coefficient (Wildman–Crippen LogP) is 8.75. The molecule has 0 radical (unpaired) electrons. The van der Waals surface area contributed by atoms with Crippen molar-refractivity contribution in [2.45, 2.75) is 179 Å². The summed E-state index contributed by atoms with van der Waals surface area (Å²) in [5.41, 5.74) is -1.25. The fourth-order valence-electron chi connectivity index (χ4n) is 11.7. The van der Waals surface area contributed by atoms with Gasteiger partial charge in [-0.2, -0.15) is 0 Å². The predicted molar refractivity (Wildman–Crippen MR) is 280 cm³/mol. The van der Waals surface area contributed by atoms with Crippen LogP contribution >= 0.6 is 35.0 Å². The molecule has 1 N–H and O–H groups in total. The summed E-state index contributed by atoms with van der Waals surface area (Å²) >= 11 is 14.8. The average Bonchev–Trinajstić information content (AvgIpc) is 3.96. The number of esters is 3. The van der Waals surface area contributed by atoms with Crippen molar-refractivity contribution >= 4 is 64.3 Å². The highest BCUT2D eigenvalue weighted by Gasteiger charge is 2.61. The van der Waals surface area contributed by atoms with E-state index in [0.29, 0.717) is 52.4 Å². The quantitative estimate of drug-likeness (QED) is 0.124. The third-order valence-corrected chi connectivity index (χ3v) is 17.8. The molecule has 1 aromatic heterocycles. The first-order valence-electron chi connectivity index (χ1n) is 25.8. The molecule has 0 amide bonds. The number of ketones is 1. The van der Waals surface area contributed by atoms with Crippen molar-refractivity contribution in [3.05, 3.63) is 46.2 Å². The first-order valence-corrected chi connectivity index (χ1v) is 27.6. The van der Waals surface area contributed by atoms with Gasteiger partial charge in [0.2, 0.25) is 0 Å². The summed E-state index contributed by atoms with van der Waals surface area (Å²) < 4.78 is 50.5. The van der Waals surface area contributed by atoms with E-state index >= 15 is 4.79 Å². The number of carbonyl (C=O) groups excluding carboxylic acids is 4. The van der Waals surface area contributed by atoms with Gasteiger partial charge in [-0.1, -0.05) is 50.9 Å². The van der Waals surface area contributed by atoms with Gasteiger partial charge in [0.15, 0.2) is 29.5 Å². The third-order valence-electron chi connectivity index (χ3n) is 15.9. The van der Waals surface area contributed by atoms with Gasteiger partial charge in [-0.3, -0.25) is 24.2 Å². The second-order valence-electron chi connectivity index (χ2n) is 21.3. The minimum Gasteiger partial charge on any atom is -0.493 e. The third kappa shape index (κ3) is 13.2. The number of rotatable bonds is 16. The van der Waals surface area contributed by atoms with Crippen LogP contribution < -0.4 is 14.4 Å². The van der Waals surface area contributed by atoms with Crippen LogP contribution in [0, 0.1) is 29.6 Å². The molecule has 4 fully saturated rings. The molecule has 16 nitrogen and oxygen atoms in total. The SMILES string of the molecule is CC[C@H]1OC(=O)[C@H](C)[C@@H](O)[C@H](C)[C@@H](O[C@@H]2O[C@H](C)C[C@H](N(C)C)[C@H]2OC(C)=O)[C@](C)(OC)C[C@@H](C)C(=O)C(C)C2C(SCCN(Cc3c(Cl)cncc3Cl)c3ccc(OC)c(OC4CCCC4)c3)C(=O)O[C@@]21C. The van der Waals surface area contributed by atoms with Gasteiger partial charge in [0.1, 0.15) is 17.1 Å². The maximum atomic E-state index is 15.2. The molecule has 1 saturated carbocycles. The van der Waals surface area contributed by atoms with Gasteiger partial charge in [-0.15, -0.1) is 11.8 Å². The van der Waals surface area contributed by atoms with Gasteiger partial charge in [0, 0.05) is 86.3 Å². The van der Waals surface area contributed by atoms with E-state index in [2.05, 4.69) is 9.88 Å². The van der Waals surface area contributed by atoms with Crippen molar-refractivity contribution in [1.82, 2.24) is 9.88 Å². The van der Waals surface area contributed by atoms with E-state index in [4.69, 9.17) is 61.1 Å². The lowest BCUT2D eigenvalue weighted by Gasteiger charge is -2.48. The number of hydrogen-bond donors (Lipinski definition) is 1. The molecule has 0 bridgehead atoms. The number of thioether (sulfide) groups is 1. The molecular weight excluding hydrogens is 1000 g/mol. The Kier molecular flexibility index (Phi) is 20.3. The average molecular weight is 1080 g/mol. The summed E-state index contributed by atoms with van der Waals surface area (Å²) in [6, 6.07) is 5.49. The number of aromatic nitrogens is 1. The summed E-state index contributed by atoms with van der Waals surface area (Å²) in [5.74, 6) is -4.47. The molecule has 3 saturated heterocycles. The monoisotopic (exact) mass is 1080 g/mol. The molecule has 73 heavy (non-hydrogen) atoms. The standard InChI is InChI=1S/C54H79Cl2N3O13S/c1-14-43-54(9)44(48(51(64)72-54)73-22-21-59(28-37-38(55)26-57-27-39(37)56)35-19-20-41(65-12)42(24-35)69-36-17-15-16-18-36)31(4)45(61)29(2)25-53(8,66-13)49(32(5)46(62)33(6)50(63)70-43)71-52-47(68-34(7)60)40(58(10)11)23-30(3)67-52/h19-20,24,26-27,29-33,36,40,43-44,46-49,52,62H,14-18,21-23,25,28H2,1-13H3/t29-,30-,31?,32+,33-,40+,43-,44?,46+,47-,48?,49-,52+,53-,54-/m1/s1. The zero-order valence-electron chi connectivity index (χ0n) is 44.9. The lowest BCUT2D eigenvalue weighted by Crippen LogP contribution is -2.60. The van der Waals surface area contributed by atoms with Crippen molar-refractivity contribution < 1.29 is 62.2 Å². The minimum absolute atomic E-state index is 0.0749. The van der Waals surface area contributed by atoms with E-state index in [-0.39, 0.29) is 36.9 Å². The second-order valence-corrected chi connectivity index (χ2v) is 23.3. The number of methoxy groups -OCH3 is 2. The van der Waals surface area contributed by atoms with Gasteiger partial charge >= 0.3 is 17.9 Å². The van der Waals surface area contributed by atoms with Crippen molar-refractivity contribution in [3.8, 4) is 11.5 Å². The molecule has 1 aromatic carbocycles. The number of likely N-dealkylation sites (N-methyl/N-ethyl adjacent to an activating group) is 1. The normalized spacial score (nSPS) is 34.7. The molecule has 4 heterocycles. The van der Waals surface area contributed by atoms with Crippen LogP contribution in [0.3, 0.4) is 0 Å². The Labute approximate surface area is 446 Å². The number of benzene rings is 1. The lowest BCUT2D eigenvalue weighted by molar-refractivity contribution is -0.303. The second kappa shape index (κ2) is 25.2. The molecule has 15 atom stereocenters. The zero-order chi connectivity index (χ0) is 53.7. The Bertz CT molecular complexity index is 2220. The molecule has 408 valence electrons. The van der Waals surface area contributed by atoms with E-state index in [9.17, 15) is 19.5 Å². The molecule has 3 unspecified atom stereocenters. The molecule has 6 rings (SSSR count). The van der Waals surface area contributed by atoms with Gasteiger partial charge < -0.3 is 52.8 Å². The zero-order valence-corrected chi connectivity index (χ0v) is 47.2. The van der Waals surface area contributed by atoms with Crippen LogP contribution in [-0.4, -0.2) is 145 Å². The number of aliphatic hydroxyl groups is 1. The fraction of sp³-hybridized carbons (Fsp3) is 0.722. The number of halogens is 2. The van der Waals surface area contributed by atoms with Crippen molar-refractivity contribution in [1.29, 1.82) is 0 Å². The number of carbonyl (C=O) groups is 4. The van der Waals surface area contributed by atoms with Crippen molar-refractivity contribution in [2.24, 2.45) is 29.6 Å². The van der Waals surface area contributed by atoms with Gasteiger partial charge in [0.25, 0.3) is 0 Å². The molecule has 19 heteroatoms. The van der Waals surface area contributed by atoms with Gasteiger partial charge in [-0.05, 0) is 98.9 Å². The topological polar surface area (TPSA) is 182 Å². The Morgan fingerprint density at radius 3 is 2.25 bits per heavy atom. The number of hydrogen-bond acceptors (Lipinski definition) is 17. The van der Waals surface area contributed by atoms with Crippen LogP contribution in [-0.2, 0) is 54.1 Å². The summed E-state index contributed by atoms with van der Waals surface area (Å²) in [4.78, 5) is 64.9. The van der Waals surface area contributed by atoms with E-state index in [1.807, 2.05) is 71.8 Å². The maximum absolute atomic E-state index is 15.2. The molecular formula is C54H79Cl2N3O13S. The Balaban J connectivity index is 1.34. The largest absolute Gasteiger partial charge is 0.493 e. The molecule has 2 aromatic rings. The Hall–Kier alpha value is -3.42. The highest BCUT2D eigenvalue weighted by atomic mass is 35.5. The number of pyridine rings is 1. The van der Waals surface area contributed by atoms with Crippen LogP contribution in [0.5, 0.6) is 11.5 Å². The first kappa shape index (κ1) is 58.8. The van der Waals surface area contributed by atoms with E-state index in [1.54, 1.807) is 40.3 Å². The maximum Gasteiger partial charge on any atom is 0.320 e. The number of fused-ring (bicyclic) bond motifs is 1. The fourth-order valence-corrected chi connectivity index (χ4v) is 13.7. The van der Waals surface area contributed by atoms with Crippen LogP contribution in [0.4, 0.5) is 5.69 Å². The summed E-state index contributed by atoms with van der Waals surface area (Å²) in [7, 11) is 6.91. The van der Waals surface area contributed by atoms with Gasteiger partial charge in [-0.25, -0.2) is 0 Å². The minimum atomic E-state index is -1.44. The lowest BCUT2D eigenvalue weighted by atomic mass is 9.70. The summed E-state index contributed by atoms with van der Waals surface area (Å²) in [5, 5.41) is 12.1. The van der Waals surface area contributed by atoms with Gasteiger partial charge in [0.05, 0.1) is 59.1 Å². The number of Topliss-reactive ketones (excluding diaryl/α,β-unsaturated/α-hetero) is 1. The number of nitrogens with zero attached hydrogens (tertiary/aromatic N) is 3. The van der Waals surface area contributed by atoms with Crippen molar-refractivity contribution in [2.75, 3.05) is 45.5 Å². The van der Waals surface area contributed by atoms with E-state index in [1.165, 1.54) is 25.8 Å². The van der Waals surface area contributed by atoms with Crippen LogP contribution in [0.15, 0.2) is 30.6 Å². The van der Waals surface area contributed by atoms with Crippen LogP contribution in [0.2, 0.25) is 10.0 Å². The van der Waals surface area contributed by atoms with Crippen LogP contribution in [0.1, 0.15) is 113 Å². The molecule has 1 aliphatic carbocycles. The van der Waals surface area contributed by atoms with E-state index < -0.39 is 94.7 Å². The number of anilines is 1. The summed E-state index contributed by atoms with van der Waals surface area (Å²) in [6.45, 7) is 16.3. The first-order chi connectivity index (χ1) is 34.5. The highest BCUT2D eigenvalue weighted by molar-refractivity contribution is 8.00. The molecule has 4 aliphatic rings.